The van der Waals surface area contributed by atoms with E-state index < -0.39 is 177 Å². The molecule has 5 rings (SSSR count). The summed E-state index contributed by atoms with van der Waals surface area (Å²) in [5, 5.41) is 118. The van der Waals surface area contributed by atoms with Crippen molar-refractivity contribution in [3.05, 3.63) is 29.8 Å². The zero-order valence-electron chi connectivity index (χ0n) is 39.2. The van der Waals surface area contributed by atoms with Crippen molar-refractivity contribution in [2.75, 3.05) is 20.3 Å². The predicted molar refractivity (Wildman–Crippen MR) is 226 cm³/mol. The first-order valence-corrected chi connectivity index (χ1v) is 22.3. The molecular formula is C43H64N3O24-. The topological polar surface area (TPSA) is 410 Å². The summed E-state index contributed by atoms with van der Waals surface area (Å²) in [5.41, 5.74) is -0.540. The summed E-state index contributed by atoms with van der Waals surface area (Å²) in [6.07, 6.45) is -34.4. The second-order valence-corrected chi connectivity index (χ2v) is 18.3. The molecule has 0 spiro atoms. The summed E-state index contributed by atoms with van der Waals surface area (Å²) in [5.74, 6) is -5.61. The number of carboxylic acids is 1. The van der Waals surface area contributed by atoms with E-state index in [0.717, 1.165) is 21.0 Å². The number of ether oxygens (including phenoxy) is 9. The Morgan fingerprint density at radius 1 is 0.671 bits per heavy atom. The van der Waals surface area contributed by atoms with E-state index in [4.69, 9.17) is 42.6 Å². The van der Waals surface area contributed by atoms with Gasteiger partial charge in [-0.05, 0) is 45.4 Å². The number of esters is 1. The maximum Gasteiger partial charge on any atom is 0.329 e. The van der Waals surface area contributed by atoms with Crippen LogP contribution in [0.15, 0.2) is 24.3 Å². The zero-order valence-corrected chi connectivity index (χ0v) is 39.2. The van der Waals surface area contributed by atoms with Gasteiger partial charge in [-0.1, -0.05) is 12.1 Å². The molecule has 1 aromatic carbocycles. The molecule has 396 valence electrons. The van der Waals surface area contributed by atoms with Gasteiger partial charge < -0.3 is 114 Å². The smallest absolute Gasteiger partial charge is 0.329 e. The maximum atomic E-state index is 14.1. The zero-order chi connectivity index (χ0) is 52.1. The molecule has 0 aromatic heterocycles. The van der Waals surface area contributed by atoms with Crippen molar-refractivity contribution >= 4 is 29.7 Å². The number of benzene rings is 1. The third kappa shape index (κ3) is 13.4. The van der Waals surface area contributed by atoms with E-state index in [2.05, 4.69) is 16.0 Å². The summed E-state index contributed by atoms with van der Waals surface area (Å²) in [7, 11) is 1.08. The monoisotopic (exact) mass is 1010 g/mol. The van der Waals surface area contributed by atoms with Crippen LogP contribution in [-0.4, -0.2) is 230 Å². The van der Waals surface area contributed by atoms with Gasteiger partial charge in [0.2, 0.25) is 11.8 Å². The number of phenols is 1. The molecule has 27 heteroatoms. The van der Waals surface area contributed by atoms with Crippen LogP contribution in [0.4, 0.5) is 0 Å². The summed E-state index contributed by atoms with van der Waals surface area (Å²) >= 11 is 0. The Bertz CT molecular complexity index is 1940. The molecule has 21 unspecified atom stereocenters. The Hall–Kier alpha value is -4.27. The first-order chi connectivity index (χ1) is 32.8. The normalized spacial score (nSPS) is 38.4. The third-order valence-corrected chi connectivity index (χ3v) is 11.8. The van der Waals surface area contributed by atoms with E-state index in [0.29, 0.717) is 5.56 Å². The Morgan fingerprint density at radius 3 is 1.66 bits per heavy atom. The Morgan fingerprint density at radius 2 is 1.16 bits per heavy atom. The quantitative estimate of drug-likeness (QED) is 0.0645. The molecule has 4 aliphatic heterocycles. The Balaban J connectivity index is 1.41. The number of carbonyl (C=O) groups excluding carboxylic acids is 5. The van der Waals surface area contributed by atoms with Gasteiger partial charge in [-0.15, -0.1) is 0 Å². The molecule has 27 nitrogen and oxygen atoms in total. The largest absolute Gasteiger partial charge is 0.547 e. The van der Waals surface area contributed by atoms with Crippen LogP contribution in [0.3, 0.4) is 0 Å². The number of methoxy groups -OCH3 is 1. The average Bonchev–Trinajstić information content (AvgIpc) is 3.28. The van der Waals surface area contributed by atoms with Gasteiger partial charge in [-0.2, -0.15) is 0 Å². The van der Waals surface area contributed by atoms with Gasteiger partial charge in [-0.25, -0.2) is 4.79 Å². The minimum Gasteiger partial charge on any atom is -0.547 e. The van der Waals surface area contributed by atoms with Crippen LogP contribution < -0.4 is 21.1 Å². The highest BCUT2D eigenvalue weighted by molar-refractivity contribution is 5.88. The number of aliphatic carboxylic acids is 1. The highest BCUT2D eigenvalue weighted by Crippen LogP contribution is 2.35. The van der Waals surface area contributed by atoms with Crippen LogP contribution in [0, 0.1) is 0 Å². The number of carboxylic acid groups (broad SMARTS) is 1. The number of nitrogens with one attached hydrogen (secondary N) is 3. The first kappa shape index (κ1) is 56.6. The third-order valence-electron chi connectivity index (χ3n) is 11.8. The molecule has 0 bridgehead atoms. The number of amides is 3. The van der Waals surface area contributed by atoms with Crippen molar-refractivity contribution in [3.8, 4) is 5.75 Å². The van der Waals surface area contributed by atoms with Crippen LogP contribution >= 0.6 is 0 Å². The fraction of sp³-hybridized carbons (Fsp3) is 0.744. The standard InChI is InChI=1S/C43H65N3O24/c1-15-23(44-16(2)49)31(25(52)21(13-47)63-15)65-42-30(57)28(55)34(36(69-42)38(59)60)67-40-24(45-17(3)50)32(26(53)22(14-48)64-40)66-41-29(56)27(54)33(62-7)35(68-41)37(58)46-20(39(61)70-43(4,5)6)12-18-8-10-19(51)11-9-18/h8-11,15,20-36,40-42,47-48,51-57H,12-14H2,1-7H3,(H,44,49)(H,45,50)(H,46,58)(H,59,60)/p-1. The highest BCUT2D eigenvalue weighted by atomic mass is 16.8. The van der Waals surface area contributed by atoms with Gasteiger partial charge in [0.25, 0.3) is 5.91 Å². The lowest BCUT2D eigenvalue weighted by Gasteiger charge is -2.50. The van der Waals surface area contributed by atoms with Crippen molar-refractivity contribution in [3.63, 3.8) is 0 Å². The van der Waals surface area contributed by atoms with Crippen LogP contribution in [0.25, 0.3) is 0 Å². The Labute approximate surface area is 400 Å². The molecule has 4 heterocycles. The molecule has 0 saturated carbocycles. The van der Waals surface area contributed by atoms with Crippen molar-refractivity contribution in [1.82, 2.24) is 16.0 Å². The molecular weight excluding hydrogens is 942 g/mol. The van der Waals surface area contributed by atoms with Gasteiger partial charge in [0.15, 0.2) is 25.0 Å². The highest BCUT2D eigenvalue weighted by Gasteiger charge is 2.57. The lowest BCUT2D eigenvalue weighted by atomic mass is 9.92. The molecule has 1 aromatic rings. The minimum atomic E-state index is -2.38. The number of hydrogen-bond donors (Lipinski definition) is 12. The predicted octanol–water partition coefficient (Wildman–Crippen LogP) is -7.20. The van der Waals surface area contributed by atoms with E-state index >= 15 is 0 Å². The van der Waals surface area contributed by atoms with Crippen molar-refractivity contribution in [2.24, 2.45) is 0 Å². The van der Waals surface area contributed by atoms with Gasteiger partial charge in [-0.3, -0.25) is 14.4 Å². The molecule has 4 fully saturated rings. The summed E-state index contributed by atoms with van der Waals surface area (Å²) in [4.78, 5) is 64.9. The number of aliphatic hydroxyl groups is 8. The average molecular weight is 1010 g/mol. The van der Waals surface area contributed by atoms with Crippen molar-refractivity contribution in [1.29, 1.82) is 0 Å². The second kappa shape index (κ2) is 24.0. The molecule has 0 radical (unpaired) electrons. The molecule has 4 aliphatic rings. The number of hydrogen-bond acceptors (Lipinski definition) is 24. The SMILES string of the molecule is COC1C(C(=O)NC(Cc2ccc(O)cc2)C(=O)OC(C)(C)C)OC(OC2C(O)C(CO)OC(OC3C(C(=O)[O-])OC(OC4C(O)C(CO)OC(C)C4NC(C)=O)C(O)C3O)C2NC(C)=O)C(O)C1O. The van der Waals surface area contributed by atoms with E-state index in [1.54, 1.807) is 20.8 Å². The maximum absolute atomic E-state index is 14.1. The molecule has 0 aliphatic carbocycles. The molecule has 3 amide bonds. The number of phenolic OH excluding ortho intramolecular Hbond substituents is 1. The summed E-state index contributed by atoms with van der Waals surface area (Å²) in [6, 6.07) is 1.29. The van der Waals surface area contributed by atoms with Gasteiger partial charge >= 0.3 is 5.97 Å². The lowest BCUT2D eigenvalue weighted by Crippen LogP contribution is -2.71. The number of rotatable bonds is 17. The molecule has 70 heavy (non-hydrogen) atoms. The van der Waals surface area contributed by atoms with Gasteiger partial charge in [0.05, 0.1) is 31.3 Å². The number of carbonyl (C=O) groups is 5. The number of aliphatic hydroxyl groups excluding tert-OH is 8. The van der Waals surface area contributed by atoms with Crippen LogP contribution in [0.5, 0.6) is 5.75 Å². The van der Waals surface area contributed by atoms with Gasteiger partial charge in [0.1, 0.15) is 103 Å². The van der Waals surface area contributed by atoms with E-state index in [-0.39, 0.29) is 12.2 Å². The van der Waals surface area contributed by atoms with E-state index in [9.17, 15) is 75.0 Å². The number of aromatic hydroxyl groups is 1. The van der Waals surface area contributed by atoms with Crippen molar-refractivity contribution in [2.45, 2.75) is 182 Å². The van der Waals surface area contributed by atoms with Gasteiger partial charge in [0, 0.05) is 27.4 Å². The Kier molecular flexibility index (Phi) is 19.4. The second-order valence-electron chi connectivity index (χ2n) is 18.3. The summed E-state index contributed by atoms with van der Waals surface area (Å²) in [6.45, 7) is 6.62. The van der Waals surface area contributed by atoms with Crippen LogP contribution in [0.2, 0.25) is 0 Å². The van der Waals surface area contributed by atoms with E-state index in [1.165, 1.54) is 31.2 Å². The van der Waals surface area contributed by atoms with Crippen LogP contribution in [-0.2, 0) is 73.0 Å². The lowest BCUT2D eigenvalue weighted by molar-refractivity contribution is -0.382. The molecule has 4 saturated heterocycles. The van der Waals surface area contributed by atoms with E-state index in [1.807, 2.05) is 0 Å². The van der Waals surface area contributed by atoms with Crippen molar-refractivity contribution < 1.29 is 118 Å². The molecule has 21 atom stereocenters. The fourth-order valence-electron chi connectivity index (χ4n) is 8.48. The first-order valence-electron chi connectivity index (χ1n) is 22.3. The minimum absolute atomic E-state index is 0.0707. The summed E-state index contributed by atoms with van der Waals surface area (Å²) < 4.78 is 51.2. The van der Waals surface area contributed by atoms with Crippen LogP contribution in [0.1, 0.15) is 47.1 Å². The fourth-order valence-corrected chi connectivity index (χ4v) is 8.48. The molecule has 12 N–H and O–H groups in total.